The summed E-state index contributed by atoms with van der Waals surface area (Å²) in [5.41, 5.74) is 0. The van der Waals surface area contributed by atoms with Crippen molar-refractivity contribution in [2.45, 2.75) is 13.3 Å². The van der Waals surface area contributed by atoms with Crippen LogP contribution in [-0.4, -0.2) is 12.7 Å². The topological polar surface area (TPSA) is 29.5 Å². The Balaban J connectivity index is 2.78. The smallest absolute Gasteiger partial charge is 0.503 e. The van der Waals surface area contributed by atoms with E-state index in [2.05, 4.69) is 4.65 Å². The van der Waals surface area contributed by atoms with Gasteiger partial charge in [0.1, 0.15) is 0 Å². The monoisotopic (exact) mass is 100 g/mol. The highest BCUT2D eigenvalue weighted by Gasteiger charge is 1.71. The van der Waals surface area contributed by atoms with Gasteiger partial charge in [-0.2, -0.15) is 0 Å². The van der Waals surface area contributed by atoms with Crippen molar-refractivity contribution in [3.05, 3.63) is 12.3 Å². The van der Waals surface area contributed by atoms with Gasteiger partial charge in [-0.05, 0) is 6.42 Å². The molecule has 0 aliphatic rings. The minimum absolute atomic E-state index is 0.226. The molecule has 0 amide bonds. The molecule has 0 aliphatic heterocycles. The second-order valence-electron chi connectivity index (χ2n) is 1.08. The molecule has 3 heteroatoms. The van der Waals surface area contributed by atoms with Crippen molar-refractivity contribution in [1.29, 1.82) is 0 Å². The average Bonchev–Trinajstić information content (AvgIpc) is 1.69. The van der Waals surface area contributed by atoms with E-state index in [1.807, 2.05) is 13.0 Å². The highest BCUT2D eigenvalue weighted by Crippen LogP contribution is 1.77. The molecule has 0 spiro atoms. The quantitative estimate of drug-likeness (QED) is 0.405. The molecule has 0 rings (SSSR count). The van der Waals surface area contributed by atoms with Gasteiger partial charge in [-0.15, -0.1) is 0 Å². The van der Waals surface area contributed by atoms with Gasteiger partial charge in [-0.3, -0.25) is 0 Å². The van der Waals surface area contributed by atoms with Crippen molar-refractivity contribution in [1.82, 2.24) is 0 Å². The Kier molecular flexibility index (Phi) is 5.22. The van der Waals surface area contributed by atoms with Gasteiger partial charge in [-0.1, -0.05) is 13.0 Å². The Morgan fingerprint density at radius 1 is 1.86 bits per heavy atom. The van der Waals surface area contributed by atoms with Crippen LogP contribution in [0.4, 0.5) is 0 Å². The number of hydrogen-bond acceptors (Lipinski definition) is 2. The molecule has 0 aliphatic carbocycles. The molecule has 0 saturated heterocycles. The number of allylic oxidation sites excluding steroid dienone is 1. The van der Waals surface area contributed by atoms with Crippen LogP contribution < -0.4 is 0 Å². The Hall–Kier alpha value is -0.435. The zero-order valence-corrected chi connectivity index (χ0v) is 4.42. The van der Waals surface area contributed by atoms with Crippen LogP contribution in [0.15, 0.2) is 12.3 Å². The fourth-order valence-electron chi connectivity index (χ4n) is 0.207. The molecule has 7 heavy (non-hydrogen) atoms. The zero-order chi connectivity index (χ0) is 5.54. The van der Waals surface area contributed by atoms with E-state index in [0.717, 1.165) is 6.42 Å². The van der Waals surface area contributed by atoms with Crippen molar-refractivity contribution >= 4 is 7.69 Å². The van der Waals surface area contributed by atoms with Gasteiger partial charge < -0.3 is 9.68 Å². The lowest BCUT2D eigenvalue weighted by molar-refractivity contribution is 0.405. The maximum atomic E-state index is 8.02. The van der Waals surface area contributed by atoms with Crippen molar-refractivity contribution in [2.75, 3.05) is 0 Å². The molecule has 40 valence electrons. The van der Waals surface area contributed by atoms with Gasteiger partial charge >= 0.3 is 7.69 Å². The summed E-state index contributed by atoms with van der Waals surface area (Å²) in [6, 6.07) is 0. The standard InChI is InChI=1S/C4H9BO2/c1-2-3-4-7-5-6/h3-6H,2H2,1H3/b4-3+. The van der Waals surface area contributed by atoms with Crippen molar-refractivity contribution in [3.8, 4) is 0 Å². The average molecular weight is 99.9 g/mol. The molecule has 0 radical (unpaired) electrons. The molecule has 0 aromatic heterocycles. The van der Waals surface area contributed by atoms with Crippen LogP contribution in [0.3, 0.4) is 0 Å². The summed E-state index contributed by atoms with van der Waals surface area (Å²) < 4.78 is 4.45. The summed E-state index contributed by atoms with van der Waals surface area (Å²) in [5, 5.41) is 8.02. The second kappa shape index (κ2) is 5.56. The van der Waals surface area contributed by atoms with E-state index >= 15 is 0 Å². The summed E-state index contributed by atoms with van der Waals surface area (Å²) in [7, 11) is -0.226. The molecule has 0 unspecified atom stereocenters. The van der Waals surface area contributed by atoms with Crippen molar-refractivity contribution < 1.29 is 9.68 Å². The maximum absolute atomic E-state index is 8.02. The molecular weight excluding hydrogens is 90.9 g/mol. The maximum Gasteiger partial charge on any atom is 0.503 e. The Morgan fingerprint density at radius 3 is 3.00 bits per heavy atom. The molecule has 0 saturated carbocycles. The second-order valence-corrected chi connectivity index (χ2v) is 1.08. The lowest BCUT2D eigenvalue weighted by Crippen LogP contribution is -1.86. The van der Waals surface area contributed by atoms with Crippen molar-refractivity contribution in [2.24, 2.45) is 0 Å². The van der Waals surface area contributed by atoms with E-state index < -0.39 is 0 Å². The summed E-state index contributed by atoms with van der Waals surface area (Å²) in [4.78, 5) is 0. The first-order valence-electron chi connectivity index (χ1n) is 2.29. The zero-order valence-electron chi connectivity index (χ0n) is 4.42. The third-order valence-corrected chi connectivity index (χ3v) is 0.503. The molecule has 0 bridgehead atoms. The van der Waals surface area contributed by atoms with E-state index in [9.17, 15) is 0 Å². The fourth-order valence-corrected chi connectivity index (χ4v) is 0.207. The summed E-state index contributed by atoms with van der Waals surface area (Å²) in [5.74, 6) is 0. The van der Waals surface area contributed by atoms with Crippen LogP contribution >= 0.6 is 0 Å². The van der Waals surface area contributed by atoms with Crippen LogP contribution in [0.5, 0.6) is 0 Å². The first kappa shape index (κ1) is 6.56. The lowest BCUT2D eigenvalue weighted by atomic mass is 10.4. The van der Waals surface area contributed by atoms with Crippen LogP contribution in [0.1, 0.15) is 13.3 Å². The van der Waals surface area contributed by atoms with Gasteiger partial charge in [-0.25, -0.2) is 0 Å². The third kappa shape index (κ3) is 5.56. The molecule has 0 atom stereocenters. The van der Waals surface area contributed by atoms with Crippen LogP contribution in [0.25, 0.3) is 0 Å². The largest absolute Gasteiger partial charge is 0.545 e. The third-order valence-electron chi connectivity index (χ3n) is 0.503. The van der Waals surface area contributed by atoms with E-state index in [4.69, 9.17) is 5.02 Å². The SMILES string of the molecule is CC/C=C/OBO. The predicted octanol–water partition coefficient (Wildman–Crippen LogP) is 0.185. The van der Waals surface area contributed by atoms with Gasteiger partial charge in [0.2, 0.25) is 0 Å². The van der Waals surface area contributed by atoms with Crippen LogP contribution in [-0.2, 0) is 4.65 Å². The molecule has 2 nitrogen and oxygen atoms in total. The molecule has 0 aromatic rings. The number of hydrogen-bond donors (Lipinski definition) is 1. The Bertz CT molecular complexity index is 53.7. The van der Waals surface area contributed by atoms with Gasteiger partial charge in [0.15, 0.2) is 0 Å². The van der Waals surface area contributed by atoms with Crippen LogP contribution in [0, 0.1) is 0 Å². The van der Waals surface area contributed by atoms with Gasteiger partial charge in [0.05, 0.1) is 6.26 Å². The predicted molar refractivity (Wildman–Crippen MR) is 29.9 cm³/mol. The van der Waals surface area contributed by atoms with E-state index in [1.165, 1.54) is 6.26 Å². The lowest BCUT2D eigenvalue weighted by Gasteiger charge is -1.85. The Labute approximate surface area is 44.1 Å². The minimum Gasteiger partial charge on any atom is -0.545 e. The summed E-state index contributed by atoms with van der Waals surface area (Å²) in [6.07, 6.45) is 4.26. The highest BCUT2D eigenvalue weighted by atomic mass is 16.5. The molecule has 0 heterocycles. The summed E-state index contributed by atoms with van der Waals surface area (Å²) >= 11 is 0. The van der Waals surface area contributed by atoms with Gasteiger partial charge in [0, 0.05) is 0 Å². The molecular formula is C4H9BO2. The minimum atomic E-state index is -0.226. The first-order chi connectivity index (χ1) is 3.41. The fraction of sp³-hybridized carbons (Fsp3) is 0.500. The number of rotatable bonds is 3. The Morgan fingerprint density at radius 2 is 2.57 bits per heavy atom. The first-order valence-corrected chi connectivity index (χ1v) is 2.29. The molecule has 0 fully saturated rings. The van der Waals surface area contributed by atoms with E-state index in [1.54, 1.807) is 0 Å². The molecule has 0 aromatic carbocycles. The van der Waals surface area contributed by atoms with Crippen LogP contribution in [0.2, 0.25) is 0 Å². The normalized spacial score (nSPS) is 9.43. The van der Waals surface area contributed by atoms with E-state index in [0.29, 0.717) is 0 Å². The highest BCUT2D eigenvalue weighted by molar-refractivity contribution is 6.16. The molecule has 1 N–H and O–H groups in total. The van der Waals surface area contributed by atoms with Gasteiger partial charge in [0.25, 0.3) is 0 Å². The van der Waals surface area contributed by atoms with E-state index in [-0.39, 0.29) is 7.69 Å². The van der Waals surface area contributed by atoms with Crippen molar-refractivity contribution in [3.63, 3.8) is 0 Å². The summed E-state index contributed by atoms with van der Waals surface area (Å²) in [6.45, 7) is 2.00.